The number of nitrogens with zero attached hydrogens (tertiary/aromatic N) is 1. The molecule has 0 bridgehead atoms. The van der Waals surface area contributed by atoms with Crippen LogP contribution in [0.15, 0.2) is 18.2 Å². The molecule has 7 heteroatoms. The number of aromatic nitrogens is 1. The number of benzene rings is 1. The van der Waals surface area contributed by atoms with E-state index in [0.717, 1.165) is 27.5 Å². The molecule has 1 N–H and O–H groups in total. The number of hydrogen-bond acceptors (Lipinski definition) is 5. The minimum Gasteiger partial charge on any atom is -0.301 e. The van der Waals surface area contributed by atoms with E-state index in [4.69, 9.17) is 11.6 Å². The molecule has 3 rings (SSSR count). The molecular weight excluding hydrogens is 320 g/mol. The lowest BCUT2D eigenvalue weighted by Gasteiger charge is -2.19. The fourth-order valence-corrected chi connectivity index (χ4v) is 5.48. The maximum Gasteiger partial charge on any atom is 0.240 e. The van der Waals surface area contributed by atoms with Crippen LogP contribution in [0.2, 0.25) is 5.02 Å². The van der Waals surface area contributed by atoms with Gasteiger partial charge < -0.3 is 5.32 Å². The van der Waals surface area contributed by atoms with Crippen LogP contribution in [0.25, 0.3) is 10.2 Å². The first kappa shape index (κ1) is 13.5. The Morgan fingerprint density at radius 3 is 3.11 bits per heavy atom. The topological polar surface area (TPSA) is 42.0 Å². The van der Waals surface area contributed by atoms with E-state index in [0.29, 0.717) is 10.2 Å². The van der Waals surface area contributed by atoms with Crippen LogP contribution in [-0.4, -0.2) is 33.4 Å². The van der Waals surface area contributed by atoms with Crippen molar-refractivity contribution in [3.05, 3.63) is 23.2 Å². The number of anilines is 1. The third-order valence-electron chi connectivity index (χ3n) is 2.69. The van der Waals surface area contributed by atoms with Gasteiger partial charge in [0.25, 0.3) is 0 Å². The number of carbonyl (C=O) groups excluding carboxylic acids is 1. The van der Waals surface area contributed by atoms with Crippen molar-refractivity contribution in [1.29, 1.82) is 0 Å². The van der Waals surface area contributed by atoms with Crippen molar-refractivity contribution in [2.45, 2.75) is 5.25 Å². The van der Waals surface area contributed by atoms with Crippen molar-refractivity contribution in [3.63, 3.8) is 0 Å². The molecule has 19 heavy (non-hydrogen) atoms. The zero-order valence-electron chi connectivity index (χ0n) is 9.89. The molecule has 1 atom stereocenters. The summed E-state index contributed by atoms with van der Waals surface area (Å²) in [7, 11) is 0. The van der Waals surface area contributed by atoms with Crippen molar-refractivity contribution >= 4 is 67.7 Å². The van der Waals surface area contributed by atoms with Gasteiger partial charge in [-0.05, 0) is 18.2 Å². The molecule has 1 aromatic carbocycles. The highest BCUT2D eigenvalue weighted by molar-refractivity contribution is 8.07. The van der Waals surface area contributed by atoms with Crippen molar-refractivity contribution in [2.75, 3.05) is 22.6 Å². The van der Waals surface area contributed by atoms with E-state index in [-0.39, 0.29) is 11.2 Å². The summed E-state index contributed by atoms with van der Waals surface area (Å²) in [5.41, 5.74) is 0.871. The van der Waals surface area contributed by atoms with Crippen LogP contribution in [0.4, 0.5) is 5.13 Å². The molecule has 1 amide bonds. The molecule has 3 nitrogen and oxygen atoms in total. The lowest BCUT2D eigenvalue weighted by molar-refractivity contribution is -0.115. The highest BCUT2D eigenvalue weighted by Crippen LogP contribution is 2.30. The molecular formula is C12H11ClN2OS3. The van der Waals surface area contributed by atoms with Gasteiger partial charge in [0.2, 0.25) is 5.91 Å². The first-order chi connectivity index (χ1) is 9.22. The number of nitrogens with one attached hydrogen (secondary N) is 1. The second-order valence-electron chi connectivity index (χ2n) is 4.05. The van der Waals surface area contributed by atoms with Gasteiger partial charge in [-0.1, -0.05) is 22.9 Å². The van der Waals surface area contributed by atoms with Gasteiger partial charge in [0.05, 0.1) is 15.5 Å². The second kappa shape index (κ2) is 5.91. The van der Waals surface area contributed by atoms with Crippen LogP contribution in [0.1, 0.15) is 0 Å². The normalized spacial score (nSPS) is 19.5. The average Bonchev–Trinajstić information content (AvgIpc) is 2.81. The van der Waals surface area contributed by atoms with E-state index >= 15 is 0 Å². The monoisotopic (exact) mass is 330 g/mol. The van der Waals surface area contributed by atoms with E-state index in [1.54, 1.807) is 11.8 Å². The molecule has 0 radical (unpaired) electrons. The van der Waals surface area contributed by atoms with Gasteiger partial charge >= 0.3 is 0 Å². The quantitative estimate of drug-likeness (QED) is 0.911. The predicted octanol–water partition coefficient (Wildman–Crippen LogP) is 3.74. The summed E-state index contributed by atoms with van der Waals surface area (Å²) in [5, 5.41) is 4.29. The Balaban J connectivity index is 1.75. The number of amides is 1. The van der Waals surface area contributed by atoms with Crippen LogP contribution < -0.4 is 5.32 Å². The molecule has 0 saturated carbocycles. The number of thiazole rings is 1. The Hall–Kier alpha value is -0.430. The van der Waals surface area contributed by atoms with E-state index < -0.39 is 0 Å². The third kappa shape index (κ3) is 3.18. The summed E-state index contributed by atoms with van der Waals surface area (Å²) in [6.07, 6.45) is 0. The molecule has 0 aliphatic carbocycles. The van der Waals surface area contributed by atoms with Crippen molar-refractivity contribution < 1.29 is 4.79 Å². The highest BCUT2D eigenvalue weighted by Gasteiger charge is 2.23. The Morgan fingerprint density at radius 1 is 1.42 bits per heavy atom. The van der Waals surface area contributed by atoms with Crippen LogP contribution >= 0.6 is 46.5 Å². The Kier molecular flexibility index (Phi) is 4.21. The maximum atomic E-state index is 12.1. The van der Waals surface area contributed by atoms with Gasteiger partial charge in [0.15, 0.2) is 5.13 Å². The molecule has 2 aromatic rings. The van der Waals surface area contributed by atoms with Crippen LogP contribution in [-0.2, 0) is 4.79 Å². The van der Waals surface area contributed by atoms with Gasteiger partial charge in [-0.15, -0.1) is 11.8 Å². The number of thioether (sulfide) groups is 2. The summed E-state index contributed by atoms with van der Waals surface area (Å²) in [6, 6.07) is 5.55. The zero-order chi connectivity index (χ0) is 13.2. The Morgan fingerprint density at radius 2 is 2.32 bits per heavy atom. The zero-order valence-corrected chi connectivity index (χ0v) is 13.1. The number of halogens is 1. The molecule has 1 unspecified atom stereocenters. The van der Waals surface area contributed by atoms with E-state index in [1.807, 2.05) is 30.0 Å². The molecule has 1 aromatic heterocycles. The molecule has 1 saturated heterocycles. The average molecular weight is 331 g/mol. The maximum absolute atomic E-state index is 12.1. The Bertz CT molecular complexity index is 610. The van der Waals surface area contributed by atoms with Crippen LogP contribution in [0.5, 0.6) is 0 Å². The molecule has 1 fully saturated rings. The van der Waals surface area contributed by atoms with E-state index in [1.165, 1.54) is 11.3 Å². The summed E-state index contributed by atoms with van der Waals surface area (Å²) in [5.74, 6) is 3.11. The lowest BCUT2D eigenvalue weighted by atomic mass is 10.3. The largest absolute Gasteiger partial charge is 0.301 e. The first-order valence-electron chi connectivity index (χ1n) is 5.79. The molecule has 1 aliphatic rings. The van der Waals surface area contributed by atoms with Gasteiger partial charge in [-0.25, -0.2) is 4.98 Å². The summed E-state index contributed by atoms with van der Waals surface area (Å²) in [6.45, 7) is 0. The third-order valence-corrected chi connectivity index (χ3v) is 6.61. The van der Waals surface area contributed by atoms with Gasteiger partial charge in [0.1, 0.15) is 0 Å². The number of carbonyl (C=O) groups is 1. The van der Waals surface area contributed by atoms with Crippen molar-refractivity contribution in [3.8, 4) is 0 Å². The first-order valence-corrected chi connectivity index (χ1v) is 9.18. The molecule has 100 valence electrons. The fourth-order valence-electron chi connectivity index (χ4n) is 1.78. The van der Waals surface area contributed by atoms with Crippen LogP contribution in [0.3, 0.4) is 0 Å². The van der Waals surface area contributed by atoms with Crippen molar-refractivity contribution in [2.24, 2.45) is 0 Å². The molecule has 0 spiro atoms. The fraction of sp³-hybridized carbons (Fsp3) is 0.333. The van der Waals surface area contributed by atoms with E-state index in [9.17, 15) is 4.79 Å². The van der Waals surface area contributed by atoms with E-state index in [2.05, 4.69) is 10.3 Å². The van der Waals surface area contributed by atoms with Crippen LogP contribution in [0, 0.1) is 0 Å². The number of rotatable bonds is 2. The summed E-state index contributed by atoms with van der Waals surface area (Å²) >= 11 is 11.0. The second-order valence-corrected chi connectivity index (χ2v) is 7.98. The SMILES string of the molecule is O=C(Nc1nc2ccc(Cl)cc2s1)C1CSCCS1. The van der Waals surface area contributed by atoms with Gasteiger partial charge in [0, 0.05) is 22.3 Å². The Labute approximate surface area is 128 Å². The number of hydrogen-bond donors (Lipinski definition) is 1. The minimum absolute atomic E-state index is 0.0364. The summed E-state index contributed by atoms with van der Waals surface area (Å²) < 4.78 is 0.994. The van der Waals surface area contributed by atoms with Gasteiger partial charge in [-0.3, -0.25) is 4.79 Å². The van der Waals surface area contributed by atoms with Gasteiger partial charge in [-0.2, -0.15) is 11.8 Å². The smallest absolute Gasteiger partial charge is 0.240 e. The standard InChI is InChI=1S/C12H11ClN2OS3/c13-7-1-2-8-9(5-7)19-12(14-8)15-11(16)10-6-17-3-4-18-10/h1-2,5,10H,3-4,6H2,(H,14,15,16). The molecule has 1 aliphatic heterocycles. The number of fused-ring (bicyclic) bond motifs is 1. The predicted molar refractivity (Wildman–Crippen MR) is 86.8 cm³/mol. The van der Waals surface area contributed by atoms with Crippen molar-refractivity contribution in [1.82, 2.24) is 4.98 Å². The molecule has 2 heterocycles. The minimum atomic E-state index is 0.0364. The lowest BCUT2D eigenvalue weighted by Crippen LogP contribution is -2.29. The highest BCUT2D eigenvalue weighted by atomic mass is 35.5. The summed E-state index contributed by atoms with van der Waals surface area (Å²) in [4.78, 5) is 16.5.